The topological polar surface area (TPSA) is 66.8 Å². The van der Waals surface area contributed by atoms with Crippen LogP contribution in [0.5, 0.6) is 5.75 Å². The van der Waals surface area contributed by atoms with E-state index in [1.807, 2.05) is 12.1 Å². The predicted molar refractivity (Wildman–Crippen MR) is 93.8 cm³/mol. The molecule has 1 aromatic rings. The van der Waals surface area contributed by atoms with E-state index in [-0.39, 0.29) is 5.91 Å². The number of quaternary nitrogens is 1. The number of thiocarbonyl (C=S) groups is 1. The average Bonchev–Trinajstić information content (AvgIpc) is 2.44. The van der Waals surface area contributed by atoms with Gasteiger partial charge in [0.05, 0.1) is 27.2 Å². The molecule has 122 valence electrons. The molecule has 1 rings (SSSR count). The number of carbonyl (C=O) groups excluding carboxylic acids is 1. The molecule has 1 atom stereocenters. The first-order chi connectivity index (χ1) is 10.4. The van der Waals surface area contributed by atoms with Crippen molar-refractivity contribution in [1.82, 2.24) is 16.2 Å². The smallest absolute Gasteiger partial charge is 0.279 e. The van der Waals surface area contributed by atoms with E-state index in [9.17, 15) is 4.79 Å². The summed E-state index contributed by atoms with van der Waals surface area (Å²) in [5, 5.41) is 3.38. The number of hydrogen-bond acceptors (Lipinski definition) is 3. The lowest BCUT2D eigenvalue weighted by Crippen LogP contribution is -3.06. The van der Waals surface area contributed by atoms with Crippen LogP contribution in [0.25, 0.3) is 0 Å². The minimum atomic E-state index is -0.643. The molecule has 0 spiro atoms. The normalized spacial score (nSPS) is 11.7. The van der Waals surface area contributed by atoms with Crippen molar-refractivity contribution in [2.75, 3.05) is 27.2 Å². The maximum absolute atomic E-state index is 11.9. The quantitative estimate of drug-likeness (QED) is 0.402. The number of hydrogen-bond donors (Lipinski definition) is 4. The molecule has 0 aromatic heterocycles. The molecular weight excluding hydrogens is 368 g/mol. The number of likely N-dealkylation sites (N-methyl/N-ethyl adjacent to an activating group) is 1. The molecule has 0 saturated carbocycles. The molecule has 0 aliphatic rings. The molecule has 0 fully saturated rings. The molecule has 0 unspecified atom stereocenters. The van der Waals surface area contributed by atoms with Crippen molar-refractivity contribution >= 4 is 39.2 Å². The van der Waals surface area contributed by atoms with Crippen LogP contribution in [0.4, 0.5) is 0 Å². The van der Waals surface area contributed by atoms with Gasteiger partial charge >= 0.3 is 0 Å². The number of ether oxygens (including phenoxy) is 1. The third-order valence-electron chi connectivity index (χ3n) is 2.69. The van der Waals surface area contributed by atoms with Gasteiger partial charge in [0.1, 0.15) is 5.75 Å². The number of hydrazine groups is 1. The van der Waals surface area contributed by atoms with E-state index in [0.717, 1.165) is 17.6 Å². The number of halogens is 1. The molecule has 0 saturated heterocycles. The highest BCUT2D eigenvalue weighted by atomic mass is 79.9. The van der Waals surface area contributed by atoms with Gasteiger partial charge in [-0.1, -0.05) is 22.0 Å². The van der Waals surface area contributed by atoms with Gasteiger partial charge in [-0.15, -0.1) is 0 Å². The van der Waals surface area contributed by atoms with Crippen molar-refractivity contribution in [3.63, 3.8) is 0 Å². The molecule has 22 heavy (non-hydrogen) atoms. The Morgan fingerprint density at radius 1 is 1.41 bits per heavy atom. The van der Waals surface area contributed by atoms with Crippen LogP contribution < -0.4 is 25.8 Å². The van der Waals surface area contributed by atoms with Crippen LogP contribution in [0.15, 0.2) is 28.7 Å². The van der Waals surface area contributed by atoms with E-state index >= 15 is 0 Å². The molecule has 0 radical (unpaired) electrons. The van der Waals surface area contributed by atoms with Gasteiger partial charge in [-0.25, -0.2) is 0 Å². The van der Waals surface area contributed by atoms with Gasteiger partial charge in [-0.2, -0.15) is 0 Å². The van der Waals surface area contributed by atoms with Gasteiger partial charge in [0.25, 0.3) is 5.91 Å². The zero-order chi connectivity index (χ0) is 16.5. The fourth-order valence-corrected chi connectivity index (χ4v) is 2.02. The highest BCUT2D eigenvalue weighted by Crippen LogP contribution is 2.18. The standard InChI is InChI=1S/C14H21BrN4O2S/c1-10(21-12-6-4-5-11(15)9-12)13(20)17-18-14(22)16-7-8-19(2)3/h4-6,9-10H,7-8H2,1-3H3,(H,17,20)(H2,16,18,22)/p+1/t10-/m0/s1. The van der Waals surface area contributed by atoms with Crippen molar-refractivity contribution < 1.29 is 14.4 Å². The summed E-state index contributed by atoms with van der Waals surface area (Å²) in [5.74, 6) is 0.314. The molecule has 0 aliphatic heterocycles. The molecule has 1 aromatic carbocycles. The number of amides is 1. The summed E-state index contributed by atoms with van der Waals surface area (Å²) in [6, 6.07) is 7.32. The molecule has 1 amide bonds. The number of nitrogens with one attached hydrogen (secondary N) is 4. The summed E-state index contributed by atoms with van der Waals surface area (Å²) >= 11 is 8.42. The van der Waals surface area contributed by atoms with Crippen LogP contribution in [0.1, 0.15) is 6.92 Å². The first-order valence-electron chi connectivity index (χ1n) is 6.93. The summed E-state index contributed by atoms with van der Waals surface area (Å²) in [6.45, 7) is 3.33. The zero-order valence-corrected chi connectivity index (χ0v) is 15.3. The van der Waals surface area contributed by atoms with E-state index < -0.39 is 6.10 Å². The third kappa shape index (κ3) is 7.58. The fourth-order valence-electron chi connectivity index (χ4n) is 1.49. The minimum Gasteiger partial charge on any atom is -0.481 e. The number of carbonyl (C=O) groups is 1. The van der Waals surface area contributed by atoms with Crippen LogP contribution in [0.3, 0.4) is 0 Å². The Kier molecular flexibility index (Phi) is 8.15. The molecule has 4 N–H and O–H groups in total. The largest absolute Gasteiger partial charge is 0.481 e. The molecular formula is C14H22BrN4O2S+. The molecule has 6 nitrogen and oxygen atoms in total. The van der Waals surface area contributed by atoms with E-state index in [1.54, 1.807) is 19.1 Å². The van der Waals surface area contributed by atoms with Crippen molar-refractivity contribution in [3.05, 3.63) is 28.7 Å². The first-order valence-corrected chi connectivity index (χ1v) is 8.13. The maximum atomic E-state index is 11.9. The first kappa shape index (κ1) is 18.7. The van der Waals surface area contributed by atoms with Crippen LogP contribution in [-0.2, 0) is 4.79 Å². The average molecular weight is 390 g/mol. The summed E-state index contributed by atoms with van der Waals surface area (Å²) in [5.41, 5.74) is 5.18. The predicted octanol–water partition coefficient (Wildman–Crippen LogP) is -0.144. The Hall–Kier alpha value is -1.38. The van der Waals surface area contributed by atoms with Crippen molar-refractivity contribution in [1.29, 1.82) is 0 Å². The van der Waals surface area contributed by atoms with Crippen LogP contribution in [0.2, 0.25) is 0 Å². The Morgan fingerprint density at radius 2 is 2.14 bits per heavy atom. The van der Waals surface area contributed by atoms with E-state index in [2.05, 4.69) is 46.2 Å². The van der Waals surface area contributed by atoms with E-state index in [1.165, 1.54) is 4.90 Å². The van der Waals surface area contributed by atoms with Gasteiger partial charge in [0.15, 0.2) is 11.2 Å². The second-order valence-corrected chi connectivity index (χ2v) is 6.37. The Morgan fingerprint density at radius 3 is 2.77 bits per heavy atom. The Labute approximate surface area is 144 Å². The van der Waals surface area contributed by atoms with Crippen LogP contribution in [-0.4, -0.2) is 44.3 Å². The number of rotatable bonds is 6. The summed E-state index contributed by atoms with van der Waals surface area (Å²) < 4.78 is 6.45. The van der Waals surface area contributed by atoms with Crippen LogP contribution in [0, 0.1) is 0 Å². The highest BCUT2D eigenvalue weighted by Gasteiger charge is 2.14. The van der Waals surface area contributed by atoms with Gasteiger partial charge in [-0.05, 0) is 37.3 Å². The van der Waals surface area contributed by atoms with Gasteiger partial charge < -0.3 is 15.0 Å². The highest BCUT2D eigenvalue weighted by molar-refractivity contribution is 9.10. The van der Waals surface area contributed by atoms with Crippen LogP contribution >= 0.6 is 28.1 Å². The summed E-state index contributed by atoms with van der Waals surface area (Å²) in [7, 11) is 4.11. The number of benzene rings is 1. The molecule has 0 heterocycles. The van der Waals surface area contributed by atoms with Gasteiger partial charge in [0.2, 0.25) is 0 Å². The molecule has 0 bridgehead atoms. The fraction of sp³-hybridized carbons (Fsp3) is 0.429. The van der Waals surface area contributed by atoms with Gasteiger partial charge in [-0.3, -0.25) is 15.6 Å². The van der Waals surface area contributed by atoms with Gasteiger partial charge in [0, 0.05) is 4.47 Å². The lowest BCUT2D eigenvalue weighted by molar-refractivity contribution is -0.856. The Bertz CT molecular complexity index is 513. The molecule has 8 heteroatoms. The van der Waals surface area contributed by atoms with Crippen molar-refractivity contribution in [2.24, 2.45) is 0 Å². The lowest BCUT2D eigenvalue weighted by atomic mass is 10.3. The monoisotopic (exact) mass is 389 g/mol. The SMILES string of the molecule is C[C@H](Oc1cccc(Br)c1)C(=O)NNC(=S)NCC[NH+](C)C. The second-order valence-electron chi connectivity index (χ2n) is 5.04. The van der Waals surface area contributed by atoms with E-state index in [4.69, 9.17) is 17.0 Å². The maximum Gasteiger partial charge on any atom is 0.279 e. The molecule has 0 aliphatic carbocycles. The lowest BCUT2D eigenvalue weighted by Gasteiger charge is -2.17. The van der Waals surface area contributed by atoms with Crippen molar-refractivity contribution in [2.45, 2.75) is 13.0 Å². The van der Waals surface area contributed by atoms with E-state index in [0.29, 0.717) is 10.9 Å². The Balaban J connectivity index is 2.30. The summed E-state index contributed by atoms with van der Waals surface area (Å²) in [6.07, 6.45) is -0.643. The summed E-state index contributed by atoms with van der Waals surface area (Å²) in [4.78, 5) is 13.2. The minimum absolute atomic E-state index is 0.303. The third-order valence-corrected chi connectivity index (χ3v) is 3.43. The second kappa shape index (κ2) is 9.60. The zero-order valence-electron chi connectivity index (χ0n) is 12.9. The van der Waals surface area contributed by atoms with Crippen molar-refractivity contribution in [3.8, 4) is 5.75 Å².